The molecule has 1 aliphatic rings. The fraction of sp³-hybridized carbons (Fsp3) is 0.368. The molecule has 1 aliphatic heterocycles. The Kier molecular flexibility index (Phi) is 7.30. The molecule has 0 saturated carbocycles. The summed E-state index contributed by atoms with van der Waals surface area (Å²) in [5, 5.41) is 2.46. The van der Waals surface area contributed by atoms with Gasteiger partial charge in [-0.25, -0.2) is 0 Å². The SMILES string of the molecule is NCC(=O)N1CCC[C@H]1C(=O)Nc1ccc(/C=C/C(F)(F)F)cc1/C=C/C(F)(F)F. The smallest absolute Gasteiger partial charge is 0.330 e. The number of nitrogens with two attached hydrogens (primary N) is 1. The van der Waals surface area contributed by atoms with Gasteiger partial charge in [0.1, 0.15) is 6.04 Å². The van der Waals surface area contributed by atoms with Crippen LogP contribution in [0.15, 0.2) is 30.4 Å². The summed E-state index contributed by atoms with van der Waals surface area (Å²) in [7, 11) is 0. The van der Waals surface area contributed by atoms with Crippen LogP contribution in [0.4, 0.5) is 32.0 Å². The molecule has 1 heterocycles. The third-order valence-electron chi connectivity index (χ3n) is 4.30. The van der Waals surface area contributed by atoms with Crippen molar-refractivity contribution in [3.63, 3.8) is 0 Å². The molecular formula is C19H19F6N3O2. The van der Waals surface area contributed by atoms with Gasteiger partial charge in [0.15, 0.2) is 0 Å². The number of nitrogens with one attached hydrogen (secondary N) is 1. The molecule has 164 valence electrons. The van der Waals surface area contributed by atoms with Crippen molar-refractivity contribution in [2.24, 2.45) is 5.73 Å². The van der Waals surface area contributed by atoms with Gasteiger partial charge in [-0.2, -0.15) is 26.3 Å². The standard InChI is InChI=1S/C19H19F6N3O2/c20-18(21,22)7-5-12-3-4-14(13(10-12)6-8-19(23,24)25)27-17(30)15-2-1-9-28(15)16(29)11-26/h3-8,10,15H,1-2,9,11,26H2,(H,27,30)/b7-5+,8-6+/t15-/m0/s1. The Balaban J connectivity index is 2.31. The van der Waals surface area contributed by atoms with E-state index in [4.69, 9.17) is 5.73 Å². The lowest BCUT2D eigenvalue weighted by molar-refractivity contribution is -0.135. The van der Waals surface area contributed by atoms with E-state index in [0.29, 0.717) is 31.5 Å². The first-order valence-electron chi connectivity index (χ1n) is 8.86. The largest absolute Gasteiger partial charge is 0.409 e. The molecule has 1 saturated heterocycles. The van der Waals surface area contributed by atoms with Gasteiger partial charge in [-0.1, -0.05) is 12.1 Å². The summed E-state index contributed by atoms with van der Waals surface area (Å²) in [6.45, 7) is 0.0414. The lowest BCUT2D eigenvalue weighted by Crippen LogP contribution is -2.45. The van der Waals surface area contributed by atoms with Crippen molar-refractivity contribution in [1.29, 1.82) is 0 Å². The summed E-state index contributed by atoms with van der Waals surface area (Å²) < 4.78 is 74.8. The highest BCUT2D eigenvalue weighted by atomic mass is 19.4. The zero-order valence-electron chi connectivity index (χ0n) is 15.6. The second kappa shape index (κ2) is 9.33. The first-order valence-corrected chi connectivity index (χ1v) is 8.86. The Morgan fingerprint density at radius 3 is 2.33 bits per heavy atom. The molecule has 2 amide bonds. The molecule has 0 aromatic heterocycles. The predicted octanol–water partition coefficient (Wildman–Crippen LogP) is 3.73. The van der Waals surface area contributed by atoms with Crippen LogP contribution in [0, 0.1) is 0 Å². The molecule has 1 aromatic carbocycles. The number of halogens is 6. The van der Waals surface area contributed by atoms with Gasteiger partial charge >= 0.3 is 12.4 Å². The highest BCUT2D eigenvalue weighted by molar-refractivity contribution is 5.99. The number of likely N-dealkylation sites (tertiary alicyclic amines) is 1. The normalized spacial score (nSPS) is 17.8. The van der Waals surface area contributed by atoms with Crippen molar-refractivity contribution in [3.8, 4) is 0 Å². The van der Waals surface area contributed by atoms with Crippen molar-refractivity contribution in [3.05, 3.63) is 41.5 Å². The van der Waals surface area contributed by atoms with Crippen LogP contribution in [-0.4, -0.2) is 48.2 Å². The number of hydrogen-bond acceptors (Lipinski definition) is 3. The lowest BCUT2D eigenvalue weighted by atomic mass is 10.1. The molecule has 0 spiro atoms. The molecule has 30 heavy (non-hydrogen) atoms. The van der Waals surface area contributed by atoms with Crippen LogP contribution in [0.2, 0.25) is 0 Å². The first kappa shape index (κ1) is 23.5. The van der Waals surface area contributed by atoms with Crippen LogP contribution in [0.1, 0.15) is 24.0 Å². The lowest BCUT2D eigenvalue weighted by Gasteiger charge is -2.23. The molecule has 11 heteroatoms. The van der Waals surface area contributed by atoms with Crippen molar-refractivity contribution >= 4 is 29.7 Å². The summed E-state index contributed by atoms with van der Waals surface area (Å²) >= 11 is 0. The molecule has 0 unspecified atom stereocenters. The molecule has 2 rings (SSSR count). The summed E-state index contributed by atoms with van der Waals surface area (Å²) in [5.41, 5.74) is 5.15. The number of hydrogen-bond donors (Lipinski definition) is 2. The van der Waals surface area contributed by atoms with E-state index in [9.17, 15) is 35.9 Å². The Bertz CT molecular complexity index is 846. The maximum Gasteiger partial charge on any atom is 0.409 e. The van der Waals surface area contributed by atoms with E-state index in [-0.39, 0.29) is 35.5 Å². The van der Waals surface area contributed by atoms with E-state index in [0.717, 1.165) is 6.07 Å². The van der Waals surface area contributed by atoms with Crippen molar-refractivity contribution in [2.75, 3.05) is 18.4 Å². The molecule has 1 atom stereocenters. The fourth-order valence-electron chi connectivity index (χ4n) is 2.98. The molecule has 0 aliphatic carbocycles. The van der Waals surface area contributed by atoms with Gasteiger partial charge in [0, 0.05) is 24.4 Å². The van der Waals surface area contributed by atoms with Crippen LogP contribution in [-0.2, 0) is 9.59 Å². The van der Waals surface area contributed by atoms with E-state index in [1.54, 1.807) is 0 Å². The summed E-state index contributed by atoms with van der Waals surface area (Å²) in [5.74, 6) is -1.05. The quantitative estimate of drug-likeness (QED) is 0.693. The first-order chi connectivity index (χ1) is 13.9. The van der Waals surface area contributed by atoms with Crippen LogP contribution in [0.25, 0.3) is 12.2 Å². The second-order valence-electron chi connectivity index (χ2n) is 6.54. The van der Waals surface area contributed by atoms with Gasteiger partial charge in [-0.15, -0.1) is 0 Å². The average Bonchev–Trinajstić information content (AvgIpc) is 3.14. The molecule has 1 fully saturated rings. The number of carbonyl (C=O) groups is 2. The van der Waals surface area contributed by atoms with Gasteiger partial charge in [-0.3, -0.25) is 9.59 Å². The van der Waals surface area contributed by atoms with Gasteiger partial charge in [0.2, 0.25) is 11.8 Å². The van der Waals surface area contributed by atoms with E-state index in [1.165, 1.54) is 17.0 Å². The maximum atomic E-state index is 12.6. The van der Waals surface area contributed by atoms with E-state index < -0.39 is 30.2 Å². The minimum atomic E-state index is -4.66. The Morgan fingerprint density at radius 2 is 1.73 bits per heavy atom. The minimum absolute atomic E-state index is 0.00653. The number of amides is 2. The number of anilines is 1. The number of benzene rings is 1. The monoisotopic (exact) mass is 435 g/mol. The van der Waals surface area contributed by atoms with Gasteiger partial charge in [-0.05, 0) is 42.2 Å². The molecular weight excluding hydrogens is 416 g/mol. The van der Waals surface area contributed by atoms with Crippen molar-refractivity contribution in [2.45, 2.75) is 31.2 Å². The molecule has 1 aromatic rings. The van der Waals surface area contributed by atoms with Crippen LogP contribution < -0.4 is 11.1 Å². The van der Waals surface area contributed by atoms with Crippen molar-refractivity contribution < 1.29 is 35.9 Å². The zero-order valence-corrected chi connectivity index (χ0v) is 15.6. The fourth-order valence-corrected chi connectivity index (χ4v) is 2.98. The summed E-state index contributed by atoms with van der Waals surface area (Å²) in [4.78, 5) is 25.7. The summed E-state index contributed by atoms with van der Waals surface area (Å²) in [6, 6.07) is 2.68. The van der Waals surface area contributed by atoms with Crippen LogP contribution >= 0.6 is 0 Å². The Labute approximate surface area is 168 Å². The predicted molar refractivity (Wildman–Crippen MR) is 99.0 cm³/mol. The Morgan fingerprint density at radius 1 is 1.10 bits per heavy atom. The van der Waals surface area contributed by atoms with Gasteiger partial charge in [0.05, 0.1) is 6.54 Å². The van der Waals surface area contributed by atoms with Gasteiger partial charge in [0.25, 0.3) is 0 Å². The molecule has 0 radical (unpaired) electrons. The molecule has 0 bridgehead atoms. The average molecular weight is 435 g/mol. The van der Waals surface area contributed by atoms with E-state index in [1.807, 2.05) is 0 Å². The molecule has 5 nitrogen and oxygen atoms in total. The van der Waals surface area contributed by atoms with Crippen LogP contribution in [0.5, 0.6) is 0 Å². The topological polar surface area (TPSA) is 75.4 Å². The third kappa shape index (κ3) is 6.90. The van der Waals surface area contributed by atoms with Crippen molar-refractivity contribution in [1.82, 2.24) is 4.90 Å². The number of allylic oxidation sites excluding steroid dienone is 2. The van der Waals surface area contributed by atoms with Gasteiger partial charge < -0.3 is 16.0 Å². The maximum absolute atomic E-state index is 12.6. The number of carbonyl (C=O) groups excluding carboxylic acids is 2. The number of rotatable bonds is 5. The van der Waals surface area contributed by atoms with E-state index in [2.05, 4.69) is 5.32 Å². The summed E-state index contributed by atoms with van der Waals surface area (Å²) in [6.07, 6.45) is -7.11. The van der Waals surface area contributed by atoms with Crippen LogP contribution in [0.3, 0.4) is 0 Å². The highest BCUT2D eigenvalue weighted by Gasteiger charge is 2.33. The third-order valence-corrected chi connectivity index (χ3v) is 4.30. The molecule has 3 N–H and O–H groups in total. The van der Waals surface area contributed by atoms with E-state index >= 15 is 0 Å². The Hall–Kier alpha value is -2.82. The second-order valence-corrected chi connectivity index (χ2v) is 6.54. The minimum Gasteiger partial charge on any atom is -0.330 e. The highest BCUT2D eigenvalue weighted by Crippen LogP contribution is 2.26. The number of nitrogens with zero attached hydrogens (tertiary/aromatic N) is 1. The zero-order chi connectivity index (χ0) is 22.5. The number of alkyl halides is 6.